The van der Waals surface area contributed by atoms with Crippen molar-refractivity contribution in [2.45, 2.75) is 27.3 Å². The van der Waals surface area contributed by atoms with Crippen LogP contribution in [-0.4, -0.2) is 31.6 Å². The van der Waals surface area contributed by atoms with Gasteiger partial charge in [0.05, 0.1) is 13.0 Å². The minimum Gasteiger partial charge on any atom is -0.469 e. The van der Waals surface area contributed by atoms with Gasteiger partial charge in [-0.15, -0.1) is 0 Å². The van der Waals surface area contributed by atoms with Gasteiger partial charge in [-0.2, -0.15) is 0 Å². The van der Waals surface area contributed by atoms with Crippen molar-refractivity contribution in [2.24, 2.45) is 5.92 Å². The van der Waals surface area contributed by atoms with E-state index in [-0.39, 0.29) is 11.9 Å². The Kier molecular flexibility index (Phi) is 5.35. The largest absolute Gasteiger partial charge is 0.469 e. The number of hydrogen-bond donors (Lipinski definition) is 0. The molecule has 100 valence electrons. The van der Waals surface area contributed by atoms with Crippen LogP contribution in [0.5, 0.6) is 0 Å². The maximum Gasteiger partial charge on any atom is 0.309 e. The summed E-state index contributed by atoms with van der Waals surface area (Å²) in [6.07, 6.45) is 0. The van der Waals surface area contributed by atoms with E-state index in [0.717, 1.165) is 6.54 Å². The molecule has 0 saturated heterocycles. The molecule has 1 rings (SSSR count). The molecule has 1 unspecified atom stereocenters. The topological polar surface area (TPSA) is 29.5 Å². The number of benzene rings is 1. The van der Waals surface area contributed by atoms with Gasteiger partial charge in [0.1, 0.15) is 0 Å². The van der Waals surface area contributed by atoms with Crippen LogP contribution >= 0.6 is 0 Å². The quantitative estimate of drug-likeness (QED) is 0.751. The Hall–Kier alpha value is -1.35. The Balaban J connectivity index is 2.61. The van der Waals surface area contributed by atoms with Gasteiger partial charge in [0.25, 0.3) is 0 Å². The molecule has 1 atom stereocenters. The minimum atomic E-state index is -0.150. The first-order valence-electron chi connectivity index (χ1n) is 6.26. The lowest BCUT2D eigenvalue weighted by Gasteiger charge is -2.21. The highest BCUT2D eigenvalue weighted by atomic mass is 16.5. The van der Waals surface area contributed by atoms with Crippen LogP contribution in [0.15, 0.2) is 18.2 Å². The van der Waals surface area contributed by atoms with Crippen molar-refractivity contribution in [1.82, 2.24) is 4.90 Å². The van der Waals surface area contributed by atoms with Crippen LogP contribution in [0, 0.1) is 19.8 Å². The maximum atomic E-state index is 11.4. The van der Waals surface area contributed by atoms with E-state index in [1.54, 1.807) is 0 Å². The number of rotatable bonds is 5. The molecule has 0 fully saturated rings. The number of aryl methyl sites for hydroxylation is 2. The second kappa shape index (κ2) is 6.55. The van der Waals surface area contributed by atoms with Gasteiger partial charge in [0.2, 0.25) is 0 Å². The van der Waals surface area contributed by atoms with Gasteiger partial charge in [-0.3, -0.25) is 4.79 Å². The number of hydrogen-bond acceptors (Lipinski definition) is 3. The highest BCUT2D eigenvalue weighted by molar-refractivity contribution is 5.72. The van der Waals surface area contributed by atoms with Gasteiger partial charge in [0, 0.05) is 13.1 Å². The van der Waals surface area contributed by atoms with Crippen LogP contribution in [0.25, 0.3) is 0 Å². The third-order valence-electron chi connectivity index (χ3n) is 3.13. The number of methoxy groups -OCH3 is 1. The van der Waals surface area contributed by atoms with Gasteiger partial charge >= 0.3 is 5.97 Å². The molecule has 0 radical (unpaired) electrons. The van der Waals surface area contributed by atoms with E-state index in [1.807, 2.05) is 14.0 Å². The van der Waals surface area contributed by atoms with Crippen LogP contribution in [-0.2, 0) is 16.1 Å². The fraction of sp³-hybridized carbons (Fsp3) is 0.533. The van der Waals surface area contributed by atoms with E-state index in [2.05, 4.69) is 36.9 Å². The summed E-state index contributed by atoms with van der Waals surface area (Å²) in [4.78, 5) is 13.5. The zero-order valence-corrected chi connectivity index (χ0v) is 12.0. The Morgan fingerprint density at radius 1 is 1.39 bits per heavy atom. The zero-order chi connectivity index (χ0) is 13.7. The number of esters is 1. The van der Waals surface area contributed by atoms with Crippen LogP contribution in [0.3, 0.4) is 0 Å². The Labute approximate surface area is 110 Å². The summed E-state index contributed by atoms with van der Waals surface area (Å²) in [5.41, 5.74) is 3.87. The van der Waals surface area contributed by atoms with Crippen molar-refractivity contribution in [3.63, 3.8) is 0 Å². The Morgan fingerprint density at radius 3 is 2.67 bits per heavy atom. The van der Waals surface area contributed by atoms with Crippen molar-refractivity contribution < 1.29 is 9.53 Å². The van der Waals surface area contributed by atoms with Crippen molar-refractivity contribution in [3.05, 3.63) is 34.9 Å². The normalized spacial score (nSPS) is 12.6. The van der Waals surface area contributed by atoms with Gasteiger partial charge < -0.3 is 9.64 Å². The molecule has 18 heavy (non-hydrogen) atoms. The van der Waals surface area contributed by atoms with E-state index < -0.39 is 0 Å². The minimum absolute atomic E-state index is 0.0925. The standard InChI is InChI=1S/C15H23NO2/c1-11-6-7-12(2)14(8-11)10-16(4)9-13(3)15(17)18-5/h6-8,13H,9-10H2,1-5H3. The second-order valence-corrected chi connectivity index (χ2v) is 5.05. The van der Waals surface area contributed by atoms with Crippen LogP contribution < -0.4 is 0 Å². The summed E-state index contributed by atoms with van der Waals surface area (Å²) >= 11 is 0. The monoisotopic (exact) mass is 249 g/mol. The fourth-order valence-corrected chi connectivity index (χ4v) is 2.07. The van der Waals surface area contributed by atoms with E-state index in [0.29, 0.717) is 6.54 Å². The van der Waals surface area contributed by atoms with Gasteiger partial charge in [-0.1, -0.05) is 30.7 Å². The molecule has 0 aliphatic heterocycles. The molecule has 0 aromatic heterocycles. The molecule has 0 bridgehead atoms. The zero-order valence-electron chi connectivity index (χ0n) is 12.0. The Morgan fingerprint density at radius 2 is 2.06 bits per heavy atom. The van der Waals surface area contributed by atoms with E-state index in [9.17, 15) is 4.79 Å². The van der Waals surface area contributed by atoms with E-state index in [1.165, 1.54) is 23.8 Å². The van der Waals surface area contributed by atoms with Crippen LogP contribution in [0.2, 0.25) is 0 Å². The van der Waals surface area contributed by atoms with Crippen molar-refractivity contribution in [1.29, 1.82) is 0 Å². The first kappa shape index (κ1) is 14.7. The Bertz CT molecular complexity index is 415. The second-order valence-electron chi connectivity index (χ2n) is 5.05. The highest BCUT2D eigenvalue weighted by Gasteiger charge is 2.15. The molecule has 0 amide bonds. The van der Waals surface area contributed by atoms with E-state index in [4.69, 9.17) is 4.74 Å². The lowest BCUT2D eigenvalue weighted by Crippen LogP contribution is -2.29. The molecule has 0 heterocycles. The predicted octanol–water partition coefficient (Wildman–Crippen LogP) is 2.54. The summed E-state index contributed by atoms with van der Waals surface area (Å²) < 4.78 is 4.74. The molecule has 0 aliphatic carbocycles. The number of nitrogens with zero attached hydrogens (tertiary/aromatic N) is 1. The molecular formula is C15H23NO2. The number of ether oxygens (including phenoxy) is 1. The number of carbonyl (C=O) groups excluding carboxylic acids is 1. The molecule has 3 heteroatoms. The maximum absolute atomic E-state index is 11.4. The van der Waals surface area contributed by atoms with Crippen molar-refractivity contribution >= 4 is 5.97 Å². The fourth-order valence-electron chi connectivity index (χ4n) is 2.07. The average Bonchev–Trinajstić information content (AvgIpc) is 2.32. The molecule has 0 aliphatic rings. The predicted molar refractivity (Wildman–Crippen MR) is 73.4 cm³/mol. The smallest absolute Gasteiger partial charge is 0.309 e. The summed E-state index contributed by atoms with van der Waals surface area (Å²) in [5, 5.41) is 0. The first-order chi connectivity index (χ1) is 8.43. The molecule has 1 aromatic carbocycles. The van der Waals surface area contributed by atoms with Crippen LogP contribution in [0.1, 0.15) is 23.6 Å². The molecule has 0 N–H and O–H groups in total. The SMILES string of the molecule is COC(=O)C(C)CN(C)Cc1cc(C)ccc1C. The molecule has 0 spiro atoms. The van der Waals surface area contributed by atoms with Gasteiger partial charge in [-0.05, 0) is 32.0 Å². The summed E-state index contributed by atoms with van der Waals surface area (Å²) in [6, 6.07) is 6.47. The summed E-state index contributed by atoms with van der Waals surface area (Å²) in [6.45, 7) is 7.67. The lowest BCUT2D eigenvalue weighted by molar-refractivity contribution is -0.145. The van der Waals surface area contributed by atoms with Gasteiger partial charge in [0.15, 0.2) is 0 Å². The average molecular weight is 249 g/mol. The third-order valence-corrected chi connectivity index (χ3v) is 3.13. The molecular weight excluding hydrogens is 226 g/mol. The number of carbonyl (C=O) groups is 1. The molecule has 1 aromatic rings. The van der Waals surface area contributed by atoms with Crippen molar-refractivity contribution in [2.75, 3.05) is 20.7 Å². The highest BCUT2D eigenvalue weighted by Crippen LogP contribution is 2.13. The first-order valence-corrected chi connectivity index (χ1v) is 6.26. The van der Waals surface area contributed by atoms with Crippen molar-refractivity contribution in [3.8, 4) is 0 Å². The lowest BCUT2D eigenvalue weighted by atomic mass is 10.0. The summed E-state index contributed by atoms with van der Waals surface area (Å²) in [5.74, 6) is -0.243. The van der Waals surface area contributed by atoms with Crippen LogP contribution in [0.4, 0.5) is 0 Å². The molecule has 3 nitrogen and oxygen atoms in total. The van der Waals surface area contributed by atoms with E-state index >= 15 is 0 Å². The summed E-state index contributed by atoms with van der Waals surface area (Å²) in [7, 11) is 3.46. The van der Waals surface area contributed by atoms with Gasteiger partial charge in [-0.25, -0.2) is 0 Å². The molecule has 0 saturated carbocycles. The third kappa shape index (κ3) is 4.15.